The zero-order chi connectivity index (χ0) is 20.1. The van der Waals surface area contributed by atoms with Crippen molar-refractivity contribution in [1.29, 1.82) is 0 Å². The molecule has 1 aromatic carbocycles. The molecule has 0 spiro atoms. The van der Waals surface area contributed by atoms with E-state index in [-0.39, 0.29) is 11.9 Å². The molecule has 2 rings (SSSR count). The monoisotopic (exact) mass is 380 g/mol. The largest absolute Gasteiger partial charge is 0.493 e. The summed E-state index contributed by atoms with van der Waals surface area (Å²) >= 11 is 0. The lowest BCUT2D eigenvalue weighted by Gasteiger charge is -2.25. The lowest BCUT2D eigenvalue weighted by Crippen LogP contribution is -2.36. The number of methoxy groups -OCH3 is 2. The van der Waals surface area contributed by atoms with Crippen LogP contribution in [0.4, 0.5) is 0 Å². The molecule has 0 atom stereocenters. The highest BCUT2D eigenvalue weighted by Gasteiger charge is 2.18. The molecule has 6 nitrogen and oxygen atoms in total. The summed E-state index contributed by atoms with van der Waals surface area (Å²) in [5.74, 6) is 1.22. The van der Waals surface area contributed by atoms with Gasteiger partial charge in [-0.2, -0.15) is 0 Å². The molecule has 1 aliphatic heterocycles. The Hall–Kier alpha value is -1.79. The van der Waals surface area contributed by atoms with E-state index < -0.39 is 0 Å². The summed E-state index contributed by atoms with van der Waals surface area (Å²) < 4.78 is 16.0. The third-order valence-electron chi connectivity index (χ3n) is 4.34. The van der Waals surface area contributed by atoms with Gasteiger partial charge in [0.05, 0.1) is 13.7 Å². The maximum absolute atomic E-state index is 12.6. The van der Waals surface area contributed by atoms with Crippen molar-refractivity contribution in [2.24, 2.45) is 0 Å². The van der Waals surface area contributed by atoms with E-state index in [1.165, 1.54) is 25.9 Å². The van der Waals surface area contributed by atoms with Gasteiger partial charge >= 0.3 is 0 Å². The Morgan fingerprint density at radius 3 is 2.33 bits per heavy atom. The fourth-order valence-electron chi connectivity index (χ4n) is 2.84. The molecule has 0 aliphatic carbocycles. The zero-order valence-electron chi connectivity index (χ0n) is 17.5. The van der Waals surface area contributed by atoms with Crippen molar-refractivity contribution in [3.05, 3.63) is 23.8 Å². The van der Waals surface area contributed by atoms with E-state index in [9.17, 15) is 4.79 Å². The first-order chi connectivity index (χ1) is 13.0. The van der Waals surface area contributed by atoms with Gasteiger partial charge in [0.25, 0.3) is 5.91 Å². The van der Waals surface area contributed by atoms with Gasteiger partial charge in [-0.05, 0) is 64.9 Å². The predicted molar refractivity (Wildman–Crippen MR) is 109 cm³/mol. The van der Waals surface area contributed by atoms with Gasteiger partial charge in [0.15, 0.2) is 11.5 Å². The van der Waals surface area contributed by atoms with Crippen LogP contribution in [0.25, 0.3) is 0 Å². The molecule has 0 aromatic heterocycles. The van der Waals surface area contributed by atoms with Gasteiger partial charge in [0, 0.05) is 38.3 Å². The SMILES string of the molecule is C1CCNC1.CCN(C(=O)c1ccc(OC)c(OCCCOC)c1)C(C)C. The van der Waals surface area contributed by atoms with Crippen LogP contribution < -0.4 is 14.8 Å². The van der Waals surface area contributed by atoms with Crippen LogP contribution >= 0.6 is 0 Å². The zero-order valence-corrected chi connectivity index (χ0v) is 17.5. The maximum atomic E-state index is 12.6. The molecule has 1 saturated heterocycles. The maximum Gasteiger partial charge on any atom is 0.254 e. The molecule has 1 aliphatic rings. The van der Waals surface area contributed by atoms with E-state index in [0.29, 0.717) is 36.8 Å². The minimum absolute atomic E-state index is 0.00175. The van der Waals surface area contributed by atoms with Crippen molar-refractivity contribution in [1.82, 2.24) is 10.2 Å². The Morgan fingerprint density at radius 1 is 1.15 bits per heavy atom. The molecule has 1 heterocycles. The second kappa shape index (κ2) is 13.4. The van der Waals surface area contributed by atoms with Gasteiger partial charge in [-0.25, -0.2) is 0 Å². The van der Waals surface area contributed by atoms with E-state index >= 15 is 0 Å². The van der Waals surface area contributed by atoms with Gasteiger partial charge in [-0.1, -0.05) is 0 Å². The highest BCUT2D eigenvalue weighted by atomic mass is 16.5. The number of nitrogens with zero attached hydrogens (tertiary/aromatic N) is 1. The summed E-state index contributed by atoms with van der Waals surface area (Å²) in [6, 6.07) is 5.45. The van der Waals surface area contributed by atoms with Crippen molar-refractivity contribution in [2.45, 2.75) is 46.1 Å². The standard InChI is InChI=1S/C17H27NO4.C4H9N/c1-6-18(13(2)3)17(19)14-8-9-15(21-5)16(12-14)22-11-7-10-20-4;1-2-4-5-3-1/h8-9,12-13H,6-7,10-11H2,1-5H3;5H,1-4H2. The quantitative estimate of drug-likeness (QED) is 0.666. The molecule has 0 bridgehead atoms. The number of nitrogens with one attached hydrogen (secondary N) is 1. The molecule has 0 radical (unpaired) electrons. The van der Waals surface area contributed by atoms with E-state index in [1.54, 1.807) is 32.4 Å². The summed E-state index contributed by atoms with van der Waals surface area (Å²) in [5.41, 5.74) is 0.609. The second-order valence-electron chi connectivity index (χ2n) is 6.70. The number of benzene rings is 1. The Kier molecular flexibility index (Phi) is 11.5. The fourth-order valence-corrected chi connectivity index (χ4v) is 2.84. The first kappa shape index (κ1) is 23.2. The molecule has 6 heteroatoms. The fraction of sp³-hybridized carbons (Fsp3) is 0.667. The molecule has 1 N–H and O–H groups in total. The van der Waals surface area contributed by atoms with Crippen molar-refractivity contribution in [3.63, 3.8) is 0 Å². The Morgan fingerprint density at radius 2 is 1.85 bits per heavy atom. The van der Waals surface area contributed by atoms with Crippen molar-refractivity contribution in [2.75, 3.05) is 47.1 Å². The van der Waals surface area contributed by atoms with Crippen LogP contribution in [-0.4, -0.2) is 63.9 Å². The van der Waals surface area contributed by atoms with E-state index in [4.69, 9.17) is 14.2 Å². The number of ether oxygens (including phenoxy) is 3. The average Bonchev–Trinajstić information content (AvgIpc) is 3.25. The van der Waals surface area contributed by atoms with Crippen LogP contribution in [0.15, 0.2) is 18.2 Å². The number of carbonyl (C=O) groups excluding carboxylic acids is 1. The molecule has 27 heavy (non-hydrogen) atoms. The predicted octanol–water partition coefficient (Wildman–Crippen LogP) is 3.35. The van der Waals surface area contributed by atoms with Gasteiger partial charge in [-0.15, -0.1) is 0 Å². The molecule has 1 amide bonds. The first-order valence-electron chi connectivity index (χ1n) is 9.86. The van der Waals surface area contributed by atoms with Gasteiger partial charge in [0.2, 0.25) is 0 Å². The molecule has 1 fully saturated rings. The van der Waals surface area contributed by atoms with E-state index in [2.05, 4.69) is 5.32 Å². The number of hydrogen-bond acceptors (Lipinski definition) is 5. The number of rotatable bonds is 9. The lowest BCUT2D eigenvalue weighted by molar-refractivity contribution is 0.0716. The highest BCUT2D eigenvalue weighted by molar-refractivity contribution is 5.95. The molecule has 154 valence electrons. The Bertz CT molecular complexity index is 537. The number of amides is 1. The van der Waals surface area contributed by atoms with Crippen LogP contribution in [0, 0.1) is 0 Å². The van der Waals surface area contributed by atoms with Crippen LogP contribution in [-0.2, 0) is 4.74 Å². The topological polar surface area (TPSA) is 60.0 Å². The summed E-state index contributed by atoms with van der Waals surface area (Å²) in [7, 11) is 3.25. The molecule has 0 unspecified atom stereocenters. The van der Waals surface area contributed by atoms with Gasteiger partial charge in [0.1, 0.15) is 0 Å². The van der Waals surface area contributed by atoms with E-state index in [0.717, 1.165) is 6.42 Å². The molecular weight excluding hydrogens is 344 g/mol. The van der Waals surface area contributed by atoms with Gasteiger partial charge in [-0.3, -0.25) is 4.79 Å². The minimum atomic E-state index is 0.00175. The van der Waals surface area contributed by atoms with Crippen molar-refractivity contribution in [3.8, 4) is 11.5 Å². The summed E-state index contributed by atoms with van der Waals surface area (Å²) in [6.07, 6.45) is 3.56. The highest BCUT2D eigenvalue weighted by Crippen LogP contribution is 2.29. The van der Waals surface area contributed by atoms with Gasteiger partial charge < -0.3 is 24.4 Å². The number of hydrogen-bond donors (Lipinski definition) is 1. The van der Waals surface area contributed by atoms with Crippen LogP contribution in [0.5, 0.6) is 11.5 Å². The summed E-state index contributed by atoms with van der Waals surface area (Å²) in [6.45, 7) is 10.3. The van der Waals surface area contributed by atoms with E-state index in [1.807, 2.05) is 25.7 Å². The number of carbonyl (C=O) groups is 1. The lowest BCUT2D eigenvalue weighted by atomic mass is 10.1. The third kappa shape index (κ3) is 8.18. The Balaban J connectivity index is 0.000000625. The smallest absolute Gasteiger partial charge is 0.254 e. The average molecular weight is 381 g/mol. The normalized spacial score (nSPS) is 13.1. The van der Waals surface area contributed by atoms with Crippen LogP contribution in [0.2, 0.25) is 0 Å². The molecule has 0 saturated carbocycles. The minimum Gasteiger partial charge on any atom is -0.493 e. The summed E-state index contributed by atoms with van der Waals surface area (Å²) in [5, 5.41) is 3.22. The molecule has 1 aromatic rings. The van der Waals surface area contributed by atoms with Crippen LogP contribution in [0.1, 0.15) is 50.4 Å². The van der Waals surface area contributed by atoms with Crippen molar-refractivity contribution < 1.29 is 19.0 Å². The first-order valence-corrected chi connectivity index (χ1v) is 9.86. The second-order valence-corrected chi connectivity index (χ2v) is 6.70. The third-order valence-corrected chi connectivity index (χ3v) is 4.34. The summed E-state index contributed by atoms with van der Waals surface area (Å²) in [4.78, 5) is 14.4. The Labute approximate surface area is 164 Å². The van der Waals surface area contributed by atoms with Crippen LogP contribution in [0.3, 0.4) is 0 Å². The molecular formula is C21H36N2O4. The van der Waals surface area contributed by atoms with Crippen molar-refractivity contribution >= 4 is 5.91 Å².